The van der Waals surface area contributed by atoms with Gasteiger partial charge in [0.2, 0.25) is 0 Å². The molecule has 0 saturated carbocycles. The Morgan fingerprint density at radius 1 is 0.731 bits per heavy atom. The Morgan fingerprint density at radius 2 is 1.35 bits per heavy atom. The third kappa shape index (κ3) is 4.13. The zero-order valence-electron chi connectivity index (χ0n) is 16.2. The summed E-state index contributed by atoms with van der Waals surface area (Å²) >= 11 is 0. The van der Waals surface area contributed by atoms with E-state index in [-0.39, 0.29) is 0 Å². The predicted molar refractivity (Wildman–Crippen MR) is 112 cm³/mol. The fraction of sp³-hybridized carbons (Fsp3) is 0.292. The summed E-state index contributed by atoms with van der Waals surface area (Å²) in [5.74, 6) is 0.972. The Bertz CT molecular complexity index is 825. The van der Waals surface area contributed by atoms with E-state index < -0.39 is 0 Å². The topological polar surface area (TPSA) is 24.9 Å². The van der Waals surface area contributed by atoms with Crippen molar-refractivity contribution in [2.45, 2.75) is 46.1 Å². The third-order valence-electron chi connectivity index (χ3n) is 4.70. The van der Waals surface area contributed by atoms with Crippen molar-refractivity contribution in [2.75, 3.05) is 5.32 Å². The molecule has 0 fully saturated rings. The first-order valence-electron chi connectivity index (χ1n) is 9.44. The van der Waals surface area contributed by atoms with Gasteiger partial charge in [0.15, 0.2) is 0 Å². The van der Waals surface area contributed by atoms with E-state index in [2.05, 4.69) is 93.7 Å². The van der Waals surface area contributed by atoms with Crippen LogP contribution in [0, 0.1) is 0 Å². The molecule has 2 aromatic carbocycles. The largest absolute Gasteiger partial charge is 0.379 e. The predicted octanol–water partition coefficient (Wildman–Crippen LogP) is 6.61. The number of nitrogens with zero attached hydrogens (tertiary/aromatic N) is 1. The Balaban J connectivity index is 1.86. The van der Waals surface area contributed by atoms with Crippen LogP contribution in [-0.4, -0.2) is 4.98 Å². The van der Waals surface area contributed by atoms with Crippen LogP contribution < -0.4 is 5.32 Å². The van der Waals surface area contributed by atoms with Crippen molar-refractivity contribution in [3.05, 3.63) is 83.6 Å². The second-order valence-electron chi connectivity index (χ2n) is 7.35. The van der Waals surface area contributed by atoms with Crippen molar-refractivity contribution >= 4 is 5.69 Å². The van der Waals surface area contributed by atoms with Crippen molar-refractivity contribution in [2.24, 2.45) is 0 Å². The highest BCUT2D eigenvalue weighted by molar-refractivity contribution is 5.61. The average molecular weight is 345 g/mol. The van der Waals surface area contributed by atoms with Crippen LogP contribution in [0.5, 0.6) is 0 Å². The molecule has 0 atom stereocenters. The van der Waals surface area contributed by atoms with Gasteiger partial charge < -0.3 is 5.32 Å². The summed E-state index contributed by atoms with van der Waals surface area (Å²) in [5.41, 5.74) is 7.24. The Labute approximate surface area is 157 Å². The number of anilines is 1. The van der Waals surface area contributed by atoms with Crippen LogP contribution in [0.25, 0.3) is 11.3 Å². The molecule has 26 heavy (non-hydrogen) atoms. The number of nitrogens with one attached hydrogen (secondary N) is 1. The lowest BCUT2D eigenvalue weighted by atomic mass is 9.92. The molecule has 1 N–H and O–H groups in total. The smallest absolute Gasteiger partial charge is 0.0706 e. The van der Waals surface area contributed by atoms with Crippen molar-refractivity contribution in [3.8, 4) is 11.3 Å². The van der Waals surface area contributed by atoms with Gasteiger partial charge in [-0.2, -0.15) is 0 Å². The first-order chi connectivity index (χ1) is 12.6. The molecule has 0 saturated heterocycles. The number of pyridine rings is 1. The summed E-state index contributed by atoms with van der Waals surface area (Å²) < 4.78 is 0. The van der Waals surface area contributed by atoms with Gasteiger partial charge in [0.05, 0.1) is 17.9 Å². The van der Waals surface area contributed by atoms with Crippen molar-refractivity contribution in [1.29, 1.82) is 0 Å². The zero-order valence-corrected chi connectivity index (χ0v) is 16.2. The van der Waals surface area contributed by atoms with E-state index in [1.54, 1.807) is 0 Å². The molecule has 1 heterocycles. The minimum absolute atomic E-state index is 0.486. The van der Waals surface area contributed by atoms with Gasteiger partial charge in [0.25, 0.3) is 0 Å². The Kier molecular flexibility index (Phi) is 5.72. The van der Waals surface area contributed by atoms with Crippen LogP contribution >= 0.6 is 0 Å². The van der Waals surface area contributed by atoms with Gasteiger partial charge in [-0.15, -0.1) is 0 Å². The zero-order chi connectivity index (χ0) is 18.5. The van der Waals surface area contributed by atoms with Crippen LogP contribution in [0.4, 0.5) is 5.69 Å². The SMILES string of the molecule is CC(C)c1cccc(C(C)C)c1NCc1cccc(-c2ccccc2)n1. The minimum atomic E-state index is 0.486. The quantitative estimate of drug-likeness (QED) is 0.544. The van der Waals surface area contributed by atoms with E-state index >= 15 is 0 Å². The maximum absolute atomic E-state index is 4.84. The Morgan fingerprint density at radius 3 is 1.96 bits per heavy atom. The standard InChI is InChI=1S/C24H28N2/c1-17(2)21-13-9-14-22(18(3)4)24(21)25-16-20-12-8-15-23(26-20)19-10-6-5-7-11-19/h5-15,17-18,25H,16H2,1-4H3. The number of hydrogen-bond donors (Lipinski definition) is 1. The normalized spacial score (nSPS) is 11.2. The summed E-state index contributed by atoms with van der Waals surface area (Å²) in [7, 11) is 0. The van der Waals surface area contributed by atoms with Crippen molar-refractivity contribution in [3.63, 3.8) is 0 Å². The van der Waals surface area contributed by atoms with Gasteiger partial charge in [-0.05, 0) is 35.1 Å². The van der Waals surface area contributed by atoms with Crippen LogP contribution in [0.15, 0.2) is 66.7 Å². The summed E-state index contributed by atoms with van der Waals surface area (Å²) in [6.07, 6.45) is 0. The lowest BCUT2D eigenvalue weighted by Crippen LogP contribution is -2.08. The minimum Gasteiger partial charge on any atom is -0.379 e. The van der Waals surface area contributed by atoms with Gasteiger partial charge in [-0.3, -0.25) is 4.98 Å². The van der Waals surface area contributed by atoms with E-state index in [0.29, 0.717) is 11.8 Å². The summed E-state index contributed by atoms with van der Waals surface area (Å²) in [6.45, 7) is 9.72. The van der Waals surface area contributed by atoms with Crippen LogP contribution in [-0.2, 0) is 6.54 Å². The van der Waals surface area contributed by atoms with Crippen LogP contribution in [0.3, 0.4) is 0 Å². The maximum atomic E-state index is 4.84. The number of para-hydroxylation sites is 1. The van der Waals surface area contributed by atoms with E-state index in [1.165, 1.54) is 16.8 Å². The molecule has 0 bridgehead atoms. The van der Waals surface area contributed by atoms with Gasteiger partial charge in [-0.25, -0.2) is 0 Å². The molecule has 0 aliphatic rings. The molecule has 1 aromatic heterocycles. The Hall–Kier alpha value is -2.61. The van der Waals surface area contributed by atoms with Crippen LogP contribution in [0.1, 0.15) is 56.4 Å². The van der Waals surface area contributed by atoms with Gasteiger partial charge in [0, 0.05) is 11.3 Å². The van der Waals surface area contributed by atoms with Gasteiger partial charge in [0.1, 0.15) is 0 Å². The fourth-order valence-electron chi connectivity index (χ4n) is 3.28. The lowest BCUT2D eigenvalue weighted by molar-refractivity contribution is 0.831. The van der Waals surface area contributed by atoms with Crippen LogP contribution in [0.2, 0.25) is 0 Å². The molecule has 0 spiro atoms. The summed E-state index contributed by atoms with van der Waals surface area (Å²) in [4.78, 5) is 4.84. The molecule has 0 aliphatic heterocycles. The maximum Gasteiger partial charge on any atom is 0.0706 e. The van der Waals surface area contributed by atoms with Gasteiger partial charge in [-0.1, -0.05) is 82.3 Å². The van der Waals surface area contributed by atoms with Gasteiger partial charge >= 0.3 is 0 Å². The number of aromatic nitrogens is 1. The van der Waals surface area contributed by atoms with Crippen molar-refractivity contribution in [1.82, 2.24) is 4.98 Å². The van der Waals surface area contributed by atoms with E-state index in [0.717, 1.165) is 23.5 Å². The van der Waals surface area contributed by atoms with E-state index in [4.69, 9.17) is 4.98 Å². The first-order valence-corrected chi connectivity index (χ1v) is 9.44. The molecule has 2 heteroatoms. The molecule has 0 radical (unpaired) electrons. The fourth-order valence-corrected chi connectivity index (χ4v) is 3.28. The average Bonchev–Trinajstić information content (AvgIpc) is 2.66. The second-order valence-corrected chi connectivity index (χ2v) is 7.35. The summed E-state index contributed by atoms with van der Waals surface area (Å²) in [6, 6.07) is 23.2. The molecule has 134 valence electrons. The second kappa shape index (κ2) is 8.18. The molecular weight excluding hydrogens is 316 g/mol. The highest BCUT2D eigenvalue weighted by atomic mass is 14.9. The highest BCUT2D eigenvalue weighted by Gasteiger charge is 2.13. The molecule has 0 amide bonds. The number of rotatable bonds is 6. The molecule has 2 nitrogen and oxygen atoms in total. The number of benzene rings is 2. The first kappa shape index (κ1) is 18.2. The lowest BCUT2D eigenvalue weighted by Gasteiger charge is -2.21. The number of hydrogen-bond acceptors (Lipinski definition) is 2. The molecule has 0 unspecified atom stereocenters. The van der Waals surface area contributed by atoms with Crippen molar-refractivity contribution < 1.29 is 0 Å². The summed E-state index contributed by atoms with van der Waals surface area (Å²) in [5, 5.41) is 3.68. The highest BCUT2D eigenvalue weighted by Crippen LogP contribution is 2.32. The third-order valence-corrected chi connectivity index (χ3v) is 4.70. The van der Waals surface area contributed by atoms with E-state index in [9.17, 15) is 0 Å². The van der Waals surface area contributed by atoms with E-state index in [1.807, 2.05) is 6.07 Å². The molecular formula is C24H28N2. The molecule has 3 rings (SSSR count). The molecule has 3 aromatic rings. The monoisotopic (exact) mass is 344 g/mol. The molecule has 0 aliphatic carbocycles.